The minimum absolute atomic E-state index is 0.153. The fraction of sp³-hybridized carbons (Fsp3) is 0.682. The fourth-order valence-corrected chi connectivity index (χ4v) is 3.33. The maximum Gasteiger partial charge on any atom is 0.191 e. The van der Waals surface area contributed by atoms with E-state index in [1.54, 1.807) is 13.1 Å². The SMILES string of the molecule is CCN1CCN(c2ccc(CNC(=NC)NCCCOCC(C)C)cc2F)CC1. The van der Waals surface area contributed by atoms with Crippen molar-refractivity contribution in [2.24, 2.45) is 10.9 Å². The van der Waals surface area contributed by atoms with Crippen molar-refractivity contribution in [2.75, 3.05) is 64.4 Å². The van der Waals surface area contributed by atoms with Crippen molar-refractivity contribution in [1.29, 1.82) is 0 Å². The molecule has 1 aliphatic rings. The van der Waals surface area contributed by atoms with Crippen molar-refractivity contribution in [2.45, 2.75) is 33.7 Å². The van der Waals surface area contributed by atoms with E-state index in [0.29, 0.717) is 24.1 Å². The molecule has 0 radical (unpaired) electrons. The van der Waals surface area contributed by atoms with Crippen LogP contribution in [0.4, 0.5) is 10.1 Å². The first-order chi connectivity index (χ1) is 14.0. The van der Waals surface area contributed by atoms with Crippen LogP contribution in [0.15, 0.2) is 23.2 Å². The van der Waals surface area contributed by atoms with Crippen LogP contribution in [0.1, 0.15) is 32.8 Å². The smallest absolute Gasteiger partial charge is 0.191 e. The molecule has 0 atom stereocenters. The molecule has 0 aromatic heterocycles. The standard InChI is InChI=1S/C22H38FN5O/c1-5-27-10-12-28(13-11-27)21-8-7-19(15-20(21)23)16-26-22(24-4)25-9-6-14-29-17-18(2)3/h7-8,15,18H,5-6,9-14,16-17H2,1-4H3,(H2,24,25,26). The Kier molecular flexibility index (Phi) is 10.2. The minimum atomic E-state index is -0.153. The summed E-state index contributed by atoms with van der Waals surface area (Å²) in [5.41, 5.74) is 1.61. The number of aliphatic imine (C=N–C) groups is 1. The van der Waals surface area contributed by atoms with E-state index in [-0.39, 0.29) is 5.82 Å². The van der Waals surface area contributed by atoms with Gasteiger partial charge in [0, 0.05) is 59.5 Å². The number of hydrogen-bond acceptors (Lipinski definition) is 4. The Labute approximate surface area is 175 Å². The molecule has 1 saturated heterocycles. The van der Waals surface area contributed by atoms with Crippen LogP contribution < -0.4 is 15.5 Å². The predicted octanol–water partition coefficient (Wildman–Crippen LogP) is 2.70. The van der Waals surface area contributed by atoms with Gasteiger partial charge in [0.2, 0.25) is 0 Å². The number of nitrogens with zero attached hydrogens (tertiary/aromatic N) is 3. The average molecular weight is 408 g/mol. The highest BCUT2D eigenvalue weighted by Gasteiger charge is 2.18. The van der Waals surface area contributed by atoms with Crippen molar-refractivity contribution in [3.8, 4) is 0 Å². The van der Waals surface area contributed by atoms with Crippen molar-refractivity contribution in [1.82, 2.24) is 15.5 Å². The molecule has 1 heterocycles. The molecule has 164 valence electrons. The molecule has 0 saturated carbocycles. The molecular weight excluding hydrogens is 369 g/mol. The molecule has 1 aliphatic heterocycles. The second-order valence-electron chi connectivity index (χ2n) is 7.88. The number of ether oxygens (including phenoxy) is 1. The van der Waals surface area contributed by atoms with Crippen LogP contribution in [0, 0.1) is 11.7 Å². The fourth-order valence-electron chi connectivity index (χ4n) is 3.33. The predicted molar refractivity (Wildman–Crippen MR) is 119 cm³/mol. The van der Waals surface area contributed by atoms with Gasteiger partial charge in [-0.2, -0.15) is 0 Å². The van der Waals surface area contributed by atoms with E-state index in [4.69, 9.17) is 4.74 Å². The van der Waals surface area contributed by atoms with Gasteiger partial charge in [0.25, 0.3) is 0 Å². The van der Waals surface area contributed by atoms with Crippen LogP contribution >= 0.6 is 0 Å². The summed E-state index contributed by atoms with van der Waals surface area (Å²) in [6.45, 7) is 14.1. The number of guanidine groups is 1. The number of likely N-dealkylation sites (N-methyl/N-ethyl adjacent to an activating group) is 1. The lowest BCUT2D eigenvalue weighted by Gasteiger charge is -2.35. The first-order valence-electron chi connectivity index (χ1n) is 10.8. The Morgan fingerprint density at radius 3 is 2.59 bits per heavy atom. The molecule has 2 N–H and O–H groups in total. The molecule has 1 fully saturated rings. The number of hydrogen-bond donors (Lipinski definition) is 2. The van der Waals surface area contributed by atoms with Crippen molar-refractivity contribution < 1.29 is 9.13 Å². The summed E-state index contributed by atoms with van der Waals surface area (Å²) in [5.74, 6) is 1.12. The molecule has 0 bridgehead atoms. The van der Waals surface area contributed by atoms with Gasteiger partial charge in [0.1, 0.15) is 5.82 Å². The van der Waals surface area contributed by atoms with Crippen LogP contribution in [0.2, 0.25) is 0 Å². The summed E-state index contributed by atoms with van der Waals surface area (Å²) < 4.78 is 20.2. The number of piperazine rings is 1. The van der Waals surface area contributed by atoms with E-state index in [1.807, 2.05) is 12.1 Å². The highest BCUT2D eigenvalue weighted by molar-refractivity contribution is 5.79. The zero-order valence-electron chi connectivity index (χ0n) is 18.5. The summed E-state index contributed by atoms with van der Waals surface area (Å²) in [5, 5.41) is 6.51. The molecule has 0 aliphatic carbocycles. The van der Waals surface area contributed by atoms with Gasteiger partial charge < -0.3 is 25.2 Å². The number of nitrogens with one attached hydrogen (secondary N) is 2. The topological polar surface area (TPSA) is 52.1 Å². The van der Waals surface area contributed by atoms with Crippen LogP contribution in [-0.2, 0) is 11.3 Å². The summed E-state index contributed by atoms with van der Waals surface area (Å²) in [7, 11) is 1.74. The second kappa shape index (κ2) is 12.6. The van der Waals surface area contributed by atoms with Gasteiger partial charge in [-0.25, -0.2) is 4.39 Å². The molecule has 1 aromatic rings. The Balaban J connectivity index is 1.74. The molecule has 0 unspecified atom stereocenters. The Morgan fingerprint density at radius 1 is 1.21 bits per heavy atom. The van der Waals surface area contributed by atoms with E-state index < -0.39 is 0 Å². The zero-order chi connectivity index (χ0) is 21.1. The molecule has 29 heavy (non-hydrogen) atoms. The number of halogens is 1. The third-order valence-electron chi connectivity index (χ3n) is 5.06. The van der Waals surface area contributed by atoms with Crippen molar-refractivity contribution in [3.63, 3.8) is 0 Å². The molecular formula is C22H38FN5O. The van der Waals surface area contributed by atoms with Gasteiger partial charge in [-0.1, -0.05) is 26.8 Å². The van der Waals surface area contributed by atoms with Gasteiger partial charge >= 0.3 is 0 Å². The second-order valence-corrected chi connectivity index (χ2v) is 7.88. The average Bonchev–Trinajstić information content (AvgIpc) is 2.72. The highest BCUT2D eigenvalue weighted by atomic mass is 19.1. The maximum absolute atomic E-state index is 14.7. The Morgan fingerprint density at radius 2 is 1.97 bits per heavy atom. The molecule has 1 aromatic carbocycles. The molecule has 7 heteroatoms. The van der Waals surface area contributed by atoms with Gasteiger partial charge in [0.05, 0.1) is 5.69 Å². The Bertz CT molecular complexity index is 630. The van der Waals surface area contributed by atoms with Gasteiger partial charge in [-0.05, 0) is 36.6 Å². The summed E-state index contributed by atoms with van der Waals surface area (Å²) >= 11 is 0. The van der Waals surface area contributed by atoms with Crippen LogP contribution in [-0.4, -0.2) is 70.4 Å². The molecule has 6 nitrogen and oxygen atoms in total. The van der Waals surface area contributed by atoms with E-state index in [1.165, 1.54) is 0 Å². The minimum Gasteiger partial charge on any atom is -0.381 e. The summed E-state index contributed by atoms with van der Waals surface area (Å²) in [6, 6.07) is 5.52. The van der Waals surface area contributed by atoms with Gasteiger partial charge in [0.15, 0.2) is 5.96 Å². The summed E-state index contributed by atoms with van der Waals surface area (Å²) in [6.07, 6.45) is 0.919. The first-order valence-corrected chi connectivity index (χ1v) is 10.8. The van der Waals surface area contributed by atoms with Crippen LogP contribution in [0.25, 0.3) is 0 Å². The van der Waals surface area contributed by atoms with Gasteiger partial charge in [-0.15, -0.1) is 0 Å². The highest BCUT2D eigenvalue weighted by Crippen LogP contribution is 2.22. The molecule has 2 rings (SSSR count). The Hall–Kier alpha value is -1.86. The van der Waals surface area contributed by atoms with Crippen molar-refractivity contribution >= 4 is 11.6 Å². The normalized spacial score (nSPS) is 15.8. The number of anilines is 1. The van der Waals surface area contributed by atoms with E-state index in [2.05, 4.69) is 46.2 Å². The first kappa shape index (κ1) is 23.4. The van der Waals surface area contributed by atoms with Crippen molar-refractivity contribution in [3.05, 3.63) is 29.6 Å². The van der Waals surface area contributed by atoms with E-state index in [9.17, 15) is 4.39 Å². The monoisotopic (exact) mass is 407 g/mol. The summed E-state index contributed by atoms with van der Waals surface area (Å²) in [4.78, 5) is 8.75. The lowest BCUT2D eigenvalue weighted by atomic mass is 10.1. The molecule has 0 amide bonds. The van der Waals surface area contributed by atoms with Crippen LogP contribution in [0.5, 0.6) is 0 Å². The van der Waals surface area contributed by atoms with Crippen LogP contribution in [0.3, 0.4) is 0 Å². The maximum atomic E-state index is 14.7. The number of rotatable bonds is 10. The van der Waals surface area contributed by atoms with Gasteiger partial charge in [-0.3, -0.25) is 4.99 Å². The van der Waals surface area contributed by atoms with E-state index in [0.717, 1.165) is 64.5 Å². The third kappa shape index (κ3) is 8.19. The quantitative estimate of drug-likeness (QED) is 0.355. The zero-order valence-corrected chi connectivity index (χ0v) is 18.5. The number of benzene rings is 1. The lowest BCUT2D eigenvalue weighted by Crippen LogP contribution is -2.46. The largest absolute Gasteiger partial charge is 0.381 e. The van der Waals surface area contributed by atoms with E-state index >= 15 is 0 Å². The lowest BCUT2D eigenvalue weighted by molar-refractivity contribution is 0.108. The molecule has 0 spiro atoms. The third-order valence-corrected chi connectivity index (χ3v) is 5.06.